The Hall–Kier alpha value is -0.780. The molecular formula is C17H26BrClN2O2. The lowest BCUT2D eigenvalue weighted by molar-refractivity contribution is -0.127. The van der Waals surface area contributed by atoms with Crippen LogP contribution in [0.5, 0.6) is 5.75 Å². The molecule has 23 heavy (non-hydrogen) atoms. The SMILES string of the molecule is Cc1ccc(OC(C)C(=O)NCC2(C)CCNCC2)c(Br)c1.Cl. The summed E-state index contributed by atoms with van der Waals surface area (Å²) in [5, 5.41) is 6.39. The molecule has 1 amide bonds. The zero-order valence-corrected chi connectivity index (χ0v) is 16.4. The van der Waals surface area contributed by atoms with Crippen LogP contribution in [0, 0.1) is 12.3 Å². The third-order valence-electron chi connectivity index (χ3n) is 4.26. The van der Waals surface area contributed by atoms with Crippen LogP contribution in [0.15, 0.2) is 22.7 Å². The van der Waals surface area contributed by atoms with Crippen molar-refractivity contribution in [2.24, 2.45) is 5.41 Å². The molecule has 130 valence electrons. The van der Waals surface area contributed by atoms with Gasteiger partial charge in [0.1, 0.15) is 5.75 Å². The molecule has 1 aromatic carbocycles. The summed E-state index contributed by atoms with van der Waals surface area (Å²) in [4.78, 5) is 12.2. The maximum Gasteiger partial charge on any atom is 0.260 e. The van der Waals surface area contributed by atoms with Gasteiger partial charge in [0.15, 0.2) is 6.10 Å². The molecule has 0 aromatic heterocycles. The van der Waals surface area contributed by atoms with Crippen molar-refractivity contribution in [3.05, 3.63) is 28.2 Å². The first kappa shape index (κ1) is 20.3. The van der Waals surface area contributed by atoms with Gasteiger partial charge in [0.05, 0.1) is 4.47 Å². The summed E-state index contributed by atoms with van der Waals surface area (Å²) in [5.41, 5.74) is 1.33. The van der Waals surface area contributed by atoms with Crippen molar-refractivity contribution in [1.29, 1.82) is 0 Å². The van der Waals surface area contributed by atoms with Gasteiger partial charge in [-0.15, -0.1) is 12.4 Å². The number of nitrogens with one attached hydrogen (secondary N) is 2. The quantitative estimate of drug-likeness (QED) is 0.789. The number of piperidine rings is 1. The minimum absolute atomic E-state index is 0. The minimum atomic E-state index is -0.510. The number of halogens is 2. The average Bonchev–Trinajstić information content (AvgIpc) is 2.48. The van der Waals surface area contributed by atoms with E-state index < -0.39 is 6.10 Å². The van der Waals surface area contributed by atoms with Crippen LogP contribution in [-0.2, 0) is 4.79 Å². The van der Waals surface area contributed by atoms with Crippen molar-refractivity contribution in [2.45, 2.75) is 39.7 Å². The van der Waals surface area contributed by atoms with E-state index in [0.717, 1.165) is 36.0 Å². The van der Waals surface area contributed by atoms with Crippen molar-refractivity contribution in [3.8, 4) is 5.75 Å². The predicted molar refractivity (Wildman–Crippen MR) is 99.4 cm³/mol. The Morgan fingerprint density at radius 3 is 2.70 bits per heavy atom. The molecule has 1 fully saturated rings. The number of carbonyl (C=O) groups excluding carboxylic acids is 1. The van der Waals surface area contributed by atoms with Gasteiger partial charge in [-0.1, -0.05) is 13.0 Å². The lowest BCUT2D eigenvalue weighted by Crippen LogP contribution is -2.45. The standard InChI is InChI=1S/C17H25BrN2O2.ClH/c1-12-4-5-15(14(18)10-12)22-13(2)16(21)20-11-17(3)6-8-19-9-7-17;/h4-5,10,13,19H,6-9,11H2,1-3H3,(H,20,21);1H. The summed E-state index contributed by atoms with van der Waals surface area (Å²) in [6.45, 7) is 8.78. The Bertz CT molecular complexity index is 533. The van der Waals surface area contributed by atoms with Crippen LogP contribution >= 0.6 is 28.3 Å². The van der Waals surface area contributed by atoms with Crippen LogP contribution in [0.25, 0.3) is 0 Å². The van der Waals surface area contributed by atoms with Crippen molar-refractivity contribution in [2.75, 3.05) is 19.6 Å². The van der Waals surface area contributed by atoms with Crippen LogP contribution in [0.3, 0.4) is 0 Å². The van der Waals surface area contributed by atoms with Gasteiger partial charge in [0.25, 0.3) is 5.91 Å². The number of aryl methyl sites for hydroxylation is 1. The second-order valence-corrected chi connectivity index (χ2v) is 7.33. The second kappa shape index (κ2) is 8.90. The molecule has 2 rings (SSSR count). The monoisotopic (exact) mass is 404 g/mol. The Morgan fingerprint density at radius 2 is 2.09 bits per heavy atom. The number of hydrogen-bond donors (Lipinski definition) is 2. The fourth-order valence-electron chi connectivity index (χ4n) is 2.60. The van der Waals surface area contributed by atoms with Gasteiger partial charge in [-0.05, 0) is 78.8 Å². The van der Waals surface area contributed by atoms with Crippen molar-refractivity contribution in [1.82, 2.24) is 10.6 Å². The molecule has 0 saturated carbocycles. The highest BCUT2D eigenvalue weighted by Crippen LogP contribution is 2.28. The van der Waals surface area contributed by atoms with Crippen molar-refractivity contribution >= 4 is 34.2 Å². The van der Waals surface area contributed by atoms with E-state index in [4.69, 9.17) is 4.74 Å². The molecule has 1 aliphatic rings. The smallest absolute Gasteiger partial charge is 0.260 e. The first-order valence-electron chi connectivity index (χ1n) is 7.81. The van der Waals surface area contributed by atoms with Gasteiger partial charge in [0, 0.05) is 6.54 Å². The van der Waals surface area contributed by atoms with Crippen LogP contribution in [-0.4, -0.2) is 31.6 Å². The molecule has 0 bridgehead atoms. The minimum Gasteiger partial charge on any atom is -0.480 e. The highest BCUT2D eigenvalue weighted by molar-refractivity contribution is 9.10. The van der Waals surface area contributed by atoms with Gasteiger partial charge in [-0.2, -0.15) is 0 Å². The molecule has 0 aliphatic carbocycles. The van der Waals surface area contributed by atoms with Crippen molar-refractivity contribution in [3.63, 3.8) is 0 Å². The van der Waals surface area contributed by atoms with Crippen LogP contribution < -0.4 is 15.4 Å². The number of amides is 1. The summed E-state index contributed by atoms with van der Waals surface area (Å²) >= 11 is 3.47. The number of hydrogen-bond acceptors (Lipinski definition) is 3. The second-order valence-electron chi connectivity index (χ2n) is 6.47. The molecular weight excluding hydrogens is 380 g/mol. The highest BCUT2D eigenvalue weighted by Gasteiger charge is 2.28. The topological polar surface area (TPSA) is 50.4 Å². The number of carbonyl (C=O) groups is 1. The maximum absolute atomic E-state index is 12.2. The zero-order chi connectivity index (χ0) is 16.2. The van der Waals surface area contributed by atoms with E-state index in [1.165, 1.54) is 0 Å². The summed E-state index contributed by atoms with van der Waals surface area (Å²) in [6, 6.07) is 5.84. The number of benzene rings is 1. The van der Waals surface area contributed by atoms with Gasteiger partial charge < -0.3 is 15.4 Å². The van der Waals surface area contributed by atoms with Crippen LogP contribution in [0.2, 0.25) is 0 Å². The average molecular weight is 406 g/mol. The third-order valence-corrected chi connectivity index (χ3v) is 4.88. The van der Waals surface area contributed by atoms with E-state index >= 15 is 0 Å². The van der Waals surface area contributed by atoms with E-state index in [2.05, 4.69) is 33.5 Å². The number of rotatable bonds is 5. The van der Waals surface area contributed by atoms with Crippen LogP contribution in [0.1, 0.15) is 32.3 Å². The van der Waals surface area contributed by atoms with Gasteiger partial charge in [-0.3, -0.25) is 4.79 Å². The van der Waals surface area contributed by atoms with E-state index in [1.807, 2.05) is 25.1 Å². The molecule has 1 heterocycles. The normalized spacial score (nSPS) is 17.7. The third kappa shape index (κ3) is 5.98. The Labute approximate surface area is 153 Å². The molecule has 4 nitrogen and oxygen atoms in total. The zero-order valence-electron chi connectivity index (χ0n) is 13.9. The molecule has 2 N–H and O–H groups in total. The first-order chi connectivity index (χ1) is 10.4. The molecule has 0 radical (unpaired) electrons. The molecule has 1 aromatic rings. The Balaban J connectivity index is 0.00000264. The summed E-state index contributed by atoms with van der Waals surface area (Å²) in [7, 11) is 0. The highest BCUT2D eigenvalue weighted by atomic mass is 79.9. The lowest BCUT2D eigenvalue weighted by atomic mass is 9.81. The fourth-order valence-corrected chi connectivity index (χ4v) is 3.18. The van der Waals surface area contributed by atoms with E-state index in [-0.39, 0.29) is 23.7 Å². The molecule has 1 atom stereocenters. The molecule has 1 saturated heterocycles. The van der Waals surface area contributed by atoms with Crippen LogP contribution in [0.4, 0.5) is 0 Å². The molecule has 6 heteroatoms. The summed E-state index contributed by atoms with van der Waals surface area (Å²) < 4.78 is 6.64. The predicted octanol–water partition coefficient (Wildman–Crippen LogP) is 3.45. The van der Waals surface area contributed by atoms with Gasteiger partial charge in [-0.25, -0.2) is 0 Å². The number of ether oxygens (including phenoxy) is 1. The van der Waals surface area contributed by atoms with E-state index in [9.17, 15) is 4.79 Å². The van der Waals surface area contributed by atoms with Gasteiger partial charge in [0.2, 0.25) is 0 Å². The largest absolute Gasteiger partial charge is 0.480 e. The molecule has 1 unspecified atom stereocenters. The van der Waals surface area contributed by atoms with Gasteiger partial charge >= 0.3 is 0 Å². The molecule has 1 aliphatic heterocycles. The first-order valence-corrected chi connectivity index (χ1v) is 8.60. The van der Waals surface area contributed by atoms with E-state index in [1.54, 1.807) is 6.92 Å². The lowest BCUT2D eigenvalue weighted by Gasteiger charge is -2.34. The summed E-state index contributed by atoms with van der Waals surface area (Å²) in [5.74, 6) is 0.633. The maximum atomic E-state index is 12.2. The van der Waals surface area contributed by atoms with Crippen molar-refractivity contribution < 1.29 is 9.53 Å². The molecule has 0 spiro atoms. The Morgan fingerprint density at radius 1 is 1.43 bits per heavy atom. The Kier molecular flexibility index (Phi) is 7.84. The summed E-state index contributed by atoms with van der Waals surface area (Å²) in [6.07, 6.45) is 1.67. The fraction of sp³-hybridized carbons (Fsp3) is 0.588. The van der Waals surface area contributed by atoms with E-state index in [0.29, 0.717) is 12.3 Å².